The van der Waals surface area contributed by atoms with E-state index < -0.39 is 0 Å². The Morgan fingerprint density at radius 3 is 2.59 bits per heavy atom. The van der Waals surface area contributed by atoms with Crippen LogP contribution in [-0.2, 0) is 9.47 Å². The lowest BCUT2D eigenvalue weighted by Crippen LogP contribution is -2.63. The molecule has 1 unspecified atom stereocenters. The fourth-order valence-corrected chi connectivity index (χ4v) is 11.6. The summed E-state index contributed by atoms with van der Waals surface area (Å²) in [7, 11) is 1.81. The van der Waals surface area contributed by atoms with Gasteiger partial charge in [0.1, 0.15) is 5.75 Å². The molecular weight excluding hydrogens is 440 g/mol. The van der Waals surface area contributed by atoms with Gasteiger partial charge in [0, 0.05) is 27.9 Å². The number of fused-ring (bicyclic) bond motifs is 4. The Kier molecular flexibility index (Phi) is 4.90. The zero-order chi connectivity index (χ0) is 23.3. The zero-order valence-electron chi connectivity index (χ0n) is 21.5. The molecule has 186 valence electrons. The maximum absolute atomic E-state index is 6.58. The Morgan fingerprint density at radius 1 is 0.971 bits per heavy atom. The molecule has 0 amide bonds. The zero-order valence-corrected chi connectivity index (χ0v) is 22.3. The first-order valence-electron chi connectivity index (χ1n) is 13.9. The third kappa shape index (κ3) is 3.10. The molecule has 7 atom stereocenters. The second-order valence-electron chi connectivity index (χ2n) is 13.7. The van der Waals surface area contributed by atoms with E-state index in [9.17, 15) is 0 Å². The summed E-state index contributed by atoms with van der Waals surface area (Å²) < 4.78 is 19.2. The van der Waals surface area contributed by atoms with Crippen molar-refractivity contribution in [3.63, 3.8) is 0 Å². The molecule has 4 saturated carbocycles. The first kappa shape index (κ1) is 22.5. The van der Waals surface area contributed by atoms with Crippen LogP contribution < -0.4 is 4.74 Å². The van der Waals surface area contributed by atoms with Gasteiger partial charge in [0.05, 0.1) is 20.3 Å². The van der Waals surface area contributed by atoms with Gasteiger partial charge in [0.2, 0.25) is 0 Å². The van der Waals surface area contributed by atoms with Gasteiger partial charge < -0.3 is 14.2 Å². The number of methoxy groups -OCH3 is 1. The van der Waals surface area contributed by atoms with E-state index in [0.717, 1.165) is 49.6 Å². The summed E-state index contributed by atoms with van der Waals surface area (Å²) in [5.41, 5.74) is 2.30. The Hall–Kier alpha value is -0.710. The number of thioether (sulfide) groups is 1. The average Bonchev–Trinajstić information content (AvgIpc) is 3.22. The van der Waals surface area contributed by atoms with Gasteiger partial charge in [-0.1, -0.05) is 33.3 Å². The van der Waals surface area contributed by atoms with Crippen LogP contribution in [0.2, 0.25) is 0 Å². The molecule has 1 saturated heterocycles. The van der Waals surface area contributed by atoms with E-state index in [2.05, 4.69) is 50.7 Å². The number of ether oxygens (including phenoxy) is 3. The molecule has 5 fully saturated rings. The van der Waals surface area contributed by atoms with Crippen LogP contribution in [0.4, 0.5) is 0 Å². The minimum atomic E-state index is -0.334. The molecule has 3 nitrogen and oxygen atoms in total. The molecule has 6 aliphatic rings. The highest BCUT2D eigenvalue weighted by Gasteiger charge is 2.67. The van der Waals surface area contributed by atoms with Gasteiger partial charge in [-0.05, 0) is 91.2 Å². The summed E-state index contributed by atoms with van der Waals surface area (Å²) in [5.74, 6) is 4.71. The molecule has 0 bridgehead atoms. The topological polar surface area (TPSA) is 27.7 Å². The monoisotopic (exact) mass is 482 g/mol. The van der Waals surface area contributed by atoms with Crippen molar-refractivity contribution in [2.45, 2.75) is 99.9 Å². The normalized spacial score (nSPS) is 45.6. The highest BCUT2D eigenvalue weighted by molar-refractivity contribution is 8.00. The molecule has 34 heavy (non-hydrogen) atoms. The predicted molar refractivity (Wildman–Crippen MR) is 136 cm³/mol. The molecule has 0 radical (unpaired) electrons. The van der Waals surface area contributed by atoms with E-state index in [0.29, 0.717) is 22.0 Å². The lowest BCUT2D eigenvalue weighted by molar-refractivity contribution is -0.321. The second kappa shape index (κ2) is 7.42. The molecule has 1 aromatic rings. The molecular formula is C30H42O3S. The first-order chi connectivity index (χ1) is 16.3. The van der Waals surface area contributed by atoms with Crippen LogP contribution in [0.3, 0.4) is 0 Å². The van der Waals surface area contributed by atoms with Crippen LogP contribution in [0.1, 0.15) is 90.0 Å². The van der Waals surface area contributed by atoms with Crippen LogP contribution in [0.25, 0.3) is 0 Å². The minimum Gasteiger partial charge on any atom is -0.497 e. The summed E-state index contributed by atoms with van der Waals surface area (Å²) in [4.78, 5) is 1.51. The minimum absolute atomic E-state index is 0.133. The van der Waals surface area contributed by atoms with Crippen LogP contribution in [0.15, 0.2) is 23.1 Å². The van der Waals surface area contributed by atoms with E-state index in [1.54, 1.807) is 5.56 Å². The summed E-state index contributed by atoms with van der Waals surface area (Å²) in [6.45, 7) is 8.83. The number of rotatable bonds is 1. The van der Waals surface area contributed by atoms with E-state index in [1.807, 2.05) is 7.11 Å². The Bertz CT molecular complexity index is 979. The fourth-order valence-electron chi connectivity index (χ4n) is 9.67. The van der Waals surface area contributed by atoms with Gasteiger partial charge in [-0.3, -0.25) is 0 Å². The molecule has 4 aliphatic carbocycles. The molecule has 2 aliphatic heterocycles. The van der Waals surface area contributed by atoms with Crippen LogP contribution >= 0.6 is 11.8 Å². The molecule has 0 aromatic heterocycles. The standard InChI is InChI=1S/C30H42O3S/c1-27(2)17-32-29(33-18-27)12-13-30-19(15-29)7-9-22-24-6-5-11-28(24,3)16-23(26(22)30)21-10-8-20(31-4)14-25(21)34-30/h8,10,14,19,22-24,26H,5-7,9,11-13,15-18H2,1-4H3/t19-,22-,23+,24-,26?,28-,30+/m0/s1. The number of hydrogen-bond donors (Lipinski definition) is 0. The summed E-state index contributed by atoms with van der Waals surface area (Å²) in [6.07, 6.45) is 11.9. The Balaban J connectivity index is 1.30. The lowest BCUT2D eigenvalue weighted by atomic mass is 9.46. The van der Waals surface area contributed by atoms with Crippen LogP contribution in [0, 0.1) is 34.5 Å². The maximum atomic E-state index is 6.58. The molecule has 2 heterocycles. The molecule has 4 heteroatoms. The van der Waals surface area contributed by atoms with Gasteiger partial charge in [-0.25, -0.2) is 0 Å². The van der Waals surface area contributed by atoms with E-state index >= 15 is 0 Å². The summed E-state index contributed by atoms with van der Waals surface area (Å²) >= 11 is 2.25. The highest BCUT2D eigenvalue weighted by Crippen LogP contribution is 2.74. The number of hydrogen-bond acceptors (Lipinski definition) is 4. The smallest absolute Gasteiger partial charge is 0.168 e. The van der Waals surface area contributed by atoms with E-state index in [4.69, 9.17) is 14.2 Å². The predicted octanol–water partition coefficient (Wildman–Crippen LogP) is 7.43. The first-order valence-corrected chi connectivity index (χ1v) is 14.7. The van der Waals surface area contributed by atoms with Crippen molar-refractivity contribution >= 4 is 11.8 Å². The summed E-state index contributed by atoms with van der Waals surface area (Å²) in [6, 6.07) is 7.00. The third-order valence-electron chi connectivity index (χ3n) is 11.2. The van der Waals surface area contributed by atoms with Crippen molar-refractivity contribution in [2.75, 3.05) is 20.3 Å². The van der Waals surface area contributed by atoms with Gasteiger partial charge in [-0.2, -0.15) is 0 Å². The quantitative estimate of drug-likeness (QED) is 0.416. The van der Waals surface area contributed by atoms with Crippen LogP contribution in [-0.4, -0.2) is 30.9 Å². The van der Waals surface area contributed by atoms with Crippen molar-refractivity contribution in [3.05, 3.63) is 23.8 Å². The summed E-state index contributed by atoms with van der Waals surface area (Å²) in [5, 5.41) is 0. The largest absolute Gasteiger partial charge is 0.497 e. The van der Waals surface area contributed by atoms with Gasteiger partial charge >= 0.3 is 0 Å². The SMILES string of the molecule is COc1ccc2c(c1)S[C@]13CCC4(C[C@@H]1CC[C@@H]1C3[C@@H]2C[C@]2(C)CCC[C@@H]12)OCC(C)(C)CO4. The highest BCUT2D eigenvalue weighted by atomic mass is 32.2. The van der Waals surface area contributed by atoms with Crippen LogP contribution in [0.5, 0.6) is 5.75 Å². The van der Waals surface area contributed by atoms with E-state index in [-0.39, 0.29) is 11.2 Å². The lowest BCUT2D eigenvalue weighted by Gasteiger charge is -2.67. The number of benzene rings is 1. The van der Waals surface area contributed by atoms with Crippen molar-refractivity contribution in [3.8, 4) is 5.75 Å². The van der Waals surface area contributed by atoms with Crippen molar-refractivity contribution in [2.24, 2.45) is 34.5 Å². The van der Waals surface area contributed by atoms with Gasteiger partial charge in [-0.15, -0.1) is 11.8 Å². The van der Waals surface area contributed by atoms with Crippen molar-refractivity contribution in [1.29, 1.82) is 0 Å². The third-order valence-corrected chi connectivity index (χ3v) is 12.9. The molecule has 2 spiro atoms. The Morgan fingerprint density at radius 2 is 1.79 bits per heavy atom. The van der Waals surface area contributed by atoms with Gasteiger partial charge in [0.15, 0.2) is 5.79 Å². The Labute approximate surface area is 210 Å². The molecule has 0 N–H and O–H groups in total. The molecule has 7 rings (SSSR count). The molecule has 1 aromatic carbocycles. The fraction of sp³-hybridized carbons (Fsp3) is 0.800. The van der Waals surface area contributed by atoms with E-state index in [1.165, 1.54) is 49.8 Å². The average molecular weight is 483 g/mol. The maximum Gasteiger partial charge on any atom is 0.168 e. The second-order valence-corrected chi connectivity index (χ2v) is 15.1. The van der Waals surface area contributed by atoms with Gasteiger partial charge in [0.25, 0.3) is 0 Å². The van der Waals surface area contributed by atoms with Crippen molar-refractivity contribution < 1.29 is 14.2 Å². The van der Waals surface area contributed by atoms with Crippen molar-refractivity contribution in [1.82, 2.24) is 0 Å².